The molecule has 0 aromatic heterocycles. The van der Waals surface area contributed by atoms with Crippen LogP contribution in [0.15, 0.2) is 129 Å². The van der Waals surface area contributed by atoms with E-state index >= 15 is 0 Å². The van der Waals surface area contributed by atoms with Gasteiger partial charge in [-0.3, -0.25) is 0 Å². The Morgan fingerprint density at radius 1 is 0.357 bits per heavy atom. The molecule has 28 heavy (non-hydrogen) atoms. The van der Waals surface area contributed by atoms with E-state index in [-0.39, 0.29) is 0 Å². The minimum atomic E-state index is 1.07. The van der Waals surface area contributed by atoms with Gasteiger partial charge < -0.3 is 0 Å². The molecule has 0 radical (unpaired) electrons. The summed E-state index contributed by atoms with van der Waals surface area (Å²) < 4.78 is 0. The Morgan fingerprint density at radius 2 is 0.679 bits per heavy atom. The van der Waals surface area contributed by atoms with E-state index in [0.29, 0.717) is 0 Å². The van der Waals surface area contributed by atoms with Gasteiger partial charge in [0.15, 0.2) is 0 Å². The van der Waals surface area contributed by atoms with E-state index in [4.69, 9.17) is 0 Å². The molecule has 0 saturated carbocycles. The number of hydrogen-bond acceptors (Lipinski definition) is 2. The highest BCUT2D eigenvalue weighted by atomic mass is 32.2. The zero-order valence-electron chi connectivity index (χ0n) is 15.6. The number of aryl methyl sites for hydroxylation is 2. The van der Waals surface area contributed by atoms with Gasteiger partial charge in [-0.05, 0) is 72.5 Å². The molecular weight excluding hydrogens is 376 g/mol. The van der Waals surface area contributed by atoms with Crippen LogP contribution in [0.4, 0.5) is 0 Å². The van der Waals surface area contributed by atoms with Gasteiger partial charge in [-0.1, -0.05) is 84.2 Å². The summed E-state index contributed by atoms with van der Waals surface area (Å²) in [5.74, 6) is 0. The van der Waals surface area contributed by atoms with Crippen LogP contribution in [0.1, 0.15) is 11.1 Å². The Kier molecular flexibility index (Phi) is 6.54. The fraction of sp³-hybridized carbons (Fsp3) is 0.0769. The van der Waals surface area contributed by atoms with Crippen molar-refractivity contribution in [3.05, 3.63) is 120 Å². The Balaban J connectivity index is 1.30. The highest BCUT2D eigenvalue weighted by Crippen LogP contribution is 2.29. The maximum absolute atomic E-state index is 2.25. The van der Waals surface area contributed by atoms with Crippen LogP contribution < -0.4 is 0 Å². The van der Waals surface area contributed by atoms with Gasteiger partial charge in [-0.15, -0.1) is 0 Å². The van der Waals surface area contributed by atoms with Crippen molar-refractivity contribution >= 4 is 23.5 Å². The van der Waals surface area contributed by atoms with E-state index in [0.717, 1.165) is 12.8 Å². The van der Waals surface area contributed by atoms with E-state index in [9.17, 15) is 0 Å². The van der Waals surface area contributed by atoms with Crippen LogP contribution in [0, 0.1) is 0 Å². The largest absolute Gasteiger partial charge is 0.0901 e. The molecule has 0 spiro atoms. The Hall–Kier alpha value is -2.42. The molecule has 0 unspecified atom stereocenters. The summed E-state index contributed by atoms with van der Waals surface area (Å²) in [5.41, 5.74) is 2.78. The molecule has 0 saturated heterocycles. The maximum Gasteiger partial charge on any atom is 0.0122 e. The second-order valence-corrected chi connectivity index (χ2v) is 8.91. The minimum Gasteiger partial charge on any atom is -0.0901 e. The third-order valence-corrected chi connectivity index (χ3v) is 6.54. The fourth-order valence-electron chi connectivity index (χ4n) is 2.99. The molecule has 0 fully saturated rings. The Labute approximate surface area is 176 Å². The first-order valence-corrected chi connectivity index (χ1v) is 11.1. The van der Waals surface area contributed by atoms with E-state index in [1.54, 1.807) is 0 Å². The maximum atomic E-state index is 2.25. The first-order valence-electron chi connectivity index (χ1n) is 9.49. The SMILES string of the molecule is c1ccc(Sc2ccc(CCc3ccc(Sc4ccccc4)cc3)cc2)cc1. The molecule has 4 aromatic rings. The summed E-state index contributed by atoms with van der Waals surface area (Å²) in [6.45, 7) is 0. The summed E-state index contributed by atoms with van der Waals surface area (Å²) in [7, 11) is 0. The zero-order valence-corrected chi connectivity index (χ0v) is 17.3. The predicted molar refractivity (Wildman–Crippen MR) is 121 cm³/mol. The van der Waals surface area contributed by atoms with Crippen LogP contribution >= 0.6 is 23.5 Å². The second kappa shape index (κ2) is 9.68. The summed E-state index contributed by atoms with van der Waals surface area (Å²) >= 11 is 3.62. The fourth-order valence-corrected chi connectivity index (χ4v) is 4.66. The molecule has 0 atom stereocenters. The normalized spacial score (nSPS) is 10.7. The first kappa shape index (κ1) is 18.9. The van der Waals surface area contributed by atoms with Crippen LogP contribution in [0.5, 0.6) is 0 Å². The van der Waals surface area contributed by atoms with Gasteiger partial charge in [0.25, 0.3) is 0 Å². The molecule has 0 N–H and O–H groups in total. The van der Waals surface area contributed by atoms with Crippen molar-refractivity contribution in [3.63, 3.8) is 0 Å². The topological polar surface area (TPSA) is 0 Å². The quantitative estimate of drug-likeness (QED) is 0.312. The lowest BCUT2D eigenvalue weighted by molar-refractivity contribution is 0.955. The molecule has 0 aliphatic heterocycles. The predicted octanol–water partition coefficient (Wildman–Crippen LogP) is 7.77. The number of rotatable bonds is 7. The van der Waals surface area contributed by atoms with Crippen LogP contribution in [-0.4, -0.2) is 0 Å². The lowest BCUT2D eigenvalue weighted by Crippen LogP contribution is -1.91. The van der Waals surface area contributed by atoms with Crippen molar-refractivity contribution in [1.29, 1.82) is 0 Å². The first-order chi connectivity index (χ1) is 13.8. The van der Waals surface area contributed by atoms with Crippen molar-refractivity contribution in [1.82, 2.24) is 0 Å². The second-order valence-electron chi connectivity index (χ2n) is 6.62. The highest BCUT2D eigenvalue weighted by Gasteiger charge is 2.01. The smallest absolute Gasteiger partial charge is 0.0122 e. The van der Waals surface area contributed by atoms with E-state index in [2.05, 4.69) is 109 Å². The minimum absolute atomic E-state index is 1.07. The van der Waals surface area contributed by atoms with Gasteiger partial charge in [-0.25, -0.2) is 0 Å². The van der Waals surface area contributed by atoms with Gasteiger partial charge in [0.1, 0.15) is 0 Å². The van der Waals surface area contributed by atoms with Gasteiger partial charge in [0.2, 0.25) is 0 Å². The van der Waals surface area contributed by atoms with Crippen LogP contribution in [-0.2, 0) is 12.8 Å². The molecule has 2 heteroatoms. The Bertz CT molecular complexity index is 891. The van der Waals surface area contributed by atoms with Gasteiger partial charge in [0.05, 0.1) is 0 Å². The summed E-state index contributed by atoms with van der Waals surface area (Å²) in [5, 5.41) is 0. The summed E-state index contributed by atoms with van der Waals surface area (Å²) in [4.78, 5) is 5.14. The average molecular weight is 399 g/mol. The molecule has 0 aliphatic carbocycles. The van der Waals surface area contributed by atoms with E-state index in [1.807, 2.05) is 23.5 Å². The highest BCUT2D eigenvalue weighted by molar-refractivity contribution is 7.99. The van der Waals surface area contributed by atoms with E-state index < -0.39 is 0 Å². The van der Waals surface area contributed by atoms with E-state index in [1.165, 1.54) is 30.7 Å². The molecule has 0 bridgehead atoms. The Morgan fingerprint density at radius 3 is 1.04 bits per heavy atom. The van der Waals surface area contributed by atoms with Gasteiger partial charge >= 0.3 is 0 Å². The van der Waals surface area contributed by atoms with Crippen molar-refractivity contribution in [2.24, 2.45) is 0 Å². The van der Waals surface area contributed by atoms with Gasteiger partial charge in [0, 0.05) is 19.6 Å². The van der Waals surface area contributed by atoms with Crippen molar-refractivity contribution < 1.29 is 0 Å². The molecular formula is C26H22S2. The van der Waals surface area contributed by atoms with Crippen LogP contribution in [0.3, 0.4) is 0 Å². The van der Waals surface area contributed by atoms with Crippen molar-refractivity contribution in [2.45, 2.75) is 32.4 Å². The number of hydrogen-bond donors (Lipinski definition) is 0. The zero-order chi connectivity index (χ0) is 19.0. The average Bonchev–Trinajstić information content (AvgIpc) is 2.76. The van der Waals surface area contributed by atoms with Gasteiger partial charge in [-0.2, -0.15) is 0 Å². The molecule has 4 rings (SSSR count). The standard InChI is InChI=1S/C26H22S2/c1-3-7-23(8-4-1)27-25-17-13-21(14-18-25)11-12-22-15-19-26(20-16-22)28-24-9-5-2-6-10-24/h1-10,13-20H,11-12H2. The van der Waals surface area contributed by atoms with Crippen LogP contribution in [0.2, 0.25) is 0 Å². The summed E-state index contributed by atoms with van der Waals surface area (Å²) in [6.07, 6.45) is 2.14. The van der Waals surface area contributed by atoms with Crippen LogP contribution in [0.25, 0.3) is 0 Å². The lowest BCUT2D eigenvalue weighted by atomic mass is 10.0. The van der Waals surface area contributed by atoms with Crippen molar-refractivity contribution in [2.75, 3.05) is 0 Å². The molecule has 0 amide bonds. The lowest BCUT2D eigenvalue weighted by Gasteiger charge is -2.06. The third kappa shape index (κ3) is 5.54. The molecule has 4 aromatic carbocycles. The molecule has 138 valence electrons. The summed E-state index contributed by atoms with van der Waals surface area (Å²) in [6, 6.07) is 39.0. The van der Waals surface area contributed by atoms with Crippen molar-refractivity contribution in [3.8, 4) is 0 Å². The number of benzene rings is 4. The monoisotopic (exact) mass is 398 g/mol. The third-order valence-electron chi connectivity index (χ3n) is 4.51. The molecule has 0 aliphatic rings. The molecule has 0 nitrogen and oxygen atoms in total. The molecule has 0 heterocycles.